The van der Waals surface area contributed by atoms with Gasteiger partial charge < -0.3 is 15.5 Å². The molecule has 2 atom stereocenters. The molecule has 1 saturated carbocycles. The van der Waals surface area contributed by atoms with Gasteiger partial charge in [0.1, 0.15) is 0 Å². The van der Waals surface area contributed by atoms with Gasteiger partial charge in [0.2, 0.25) is 0 Å². The Morgan fingerprint density at radius 2 is 1.62 bits per heavy atom. The summed E-state index contributed by atoms with van der Waals surface area (Å²) in [5.41, 5.74) is 0.434. The maximum absolute atomic E-state index is 9.78. The van der Waals surface area contributed by atoms with Gasteiger partial charge in [0.05, 0.1) is 12.2 Å². The number of likely N-dealkylation sites (tertiary alicyclic amines) is 1. The molecule has 0 aromatic rings. The zero-order valence-electron chi connectivity index (χ0n) is 14.2. The van der Waals surface area contributed by atoms with Crippen molar-refractivity contribution in [2.24, 2.45) is 11.3 Å². The first-order valence-corrected chi connectivity index (χ1v) is 8.53. The molecule has 1 aliphatic heterocycles. The predicted octanol–water partition coefficient (Wildman–Crippen LogP) is 1.61. The van der Waals surface area contributed by atoms with Crippen LogP contribution < -0.4 is 5.32 Å². The van der Waals surface area contributed by atoms with Gasteiger partial charge in [-0.2, -0.15) is 0 Å². The van der Waals surface area contributed by atoms with Crippen LogP contribution in [0.25, 0.3) is 0 Å². The Morgan fingerprint density at radius 1 is 1.10 bits per heavy atom. The molecule has 124 valence electrons. The van der Waals surface area contributed by atoms with E-state index in [1.165, 1.54) is 25.7 Å². The average Bonchev–Trinajstić information content (AvgIpc) is 2.69. The van der Waals surface area contributed by atoms with E-state index >= 15 is 0 Å². The lowest BCUT2D eigenvalue weighted by atomic mass is 9.70. The number of aliphatic hydroxyl groups excluding tert-OH is 2. The molecule has 0 radical (unpaired) electrons. The summed E-state index contributed by atoms with van der Waals surface area (Å²) in [6.45, 7) is 12.3. The van der Waals surface area contributed by atoms with Crippen LogP contribution in [0.2, 0.25) is 0 Å². The quantitative estimate of drug-likeness (QED) is 0.738. The highest BCUT2D eigenvalue weighted by Gasteiger charge is 2.39. The fraction of sp³-hybridized carbons (Fsp3) is 1.00. The normalized spacial score (nSPS) is 38.9. The van der Waals surface area contributed by atoms with Crippen LogP contribution in [0.1, 0.15) is 53.4 Å². The Bertz CT molecular complexity index is 322. The lowest BCUT2D eigenvalue weighted by Gasteiger charge is -2.43. The SMILES string of the molecule is CC1CCC(CNC(C)(C)C)(CN2CC(O)C(O)C2)CC1. The average molecular weight is 298 g/mol. The van der Waals surface area contributed by atoms with Crippen LogP contribution >= 0.6 is 0 Å². The van der Waals surface area contributed by atoms with Crippen molar-refractivity contribution in [2.45, 2.75) is 71.1 Å². The number of rotatable bonds is 4. The monoisotopic (exact) mass is 298 g/mol. The van der Waals surface area contributed by atoms with Crippen molar-refractivity contribution in [3.63, 3.8) is 0 Å². The first kappa shape index (κ1) is 17.2. The third-order valence-corrected chi connectivity index (χ3v) is 5.22. The number of aliphatic hydroxyl groups is 2. The molecule has 0 aromatic heterocycles. The summed E-state index contributed by atoms with van der Waals surface area (Å²) in [6.07, 6.45) is 3.95. The zero-order chi connectivity index (χ0) is 15.7. The van der Waals surface area contributed by atoms with E-state index in [0.717, 1.165) is 19.0 Å². The van der Waals surface area contributed by atoms with Crippen LogP contribution in [0, 0.1) is 11.3 Å². The minimum absolute atomic E-state index is 0.139. The minimum atomic E-state index is -0.569. The molecule has 2 rings (SSSR count). The molecule has 2 fully saturated rings. The molecule has 0 bridgehead atoms. The Balaban J connectivity index is 1.98. The molecule has 0 aromatic carbocycles. The standard InChI is InChI=1S/C17H34N2O2/c1-13-5-7-17(8-6-13,11-18-16(2,3)4)12-19-9-14(20)15(21)10-19/h13-15,18,20-21H,5-12H2,1-4H3. The molecule has 1 aliphatic carbocycles. The van der Waals surface area contributed by atoms with Crippen molar-refractivity contribution in [3.05, 3.63) is 0 Å². The lowest BCUT2D eigenvalue weighted by Crippen LogP contribution is -2.50. The van der Waals surface area contributed by atoms with Gasteiger partial charge in [0.25, 0.3) is 0 Å². The Labute approximate surface area is 129 Å². The van der Waals surface area contributed by atoms with Gasteiger partial charge in [-0.25, -0.2) is 0 Å². The fourth-order valence-electron chi connectivity index (χ4n) is 3.67. The lowest BCUT2D eigenvalue weighted by molar-refractivity contribution is 0.0572. The predicted molar refractivity (Wildman–Crippen MR) is 86.3 cm³/mol. The van der Waals surface area contributed by atoms with E-state index < -0.39 is 12.2 Å². The largest absolute Gasteiger partial charge is 0.389 e. The van der Waals surface area contributed by atoms with E-state index in [2.05, 4.69) is 37.9 Å². The first-order valence-electron chi connectivity index (χ1n) is 8.53. The molecule has 4 heteroatoms. The number of hydrogen-bond donors (Lipinski definition) is 3. The van der Waals surface area contributed by atoms with E-state index in [4.69, 9.17) is 0 Å². The van der Waals surface area contributed by atoms with E-state index in [1.54, 1.807) is 0 Å². The Kier molecular flexibility index (Phi) is 5.35. The number of nitrogens with zero attached hydrogens (tertiary/aromatic N) is 1. The topological polar surface area (TPSA) is 55.7 Å². The van der Waals surface area contributed by atoms with Crippen LogP contribution in [-0.4, -0.2) is 59.0 Å². The van der Waals surface area contributed by atoms with Crippen molar-refractivity contribution >= 4 is 0 Å². The summed E-state index contributed by atoms with van der Waals surface area (Å²) in [4.78, 5) is 2.26. The zero-order valence-corrected chi connectivity index (χ0v) is 14.2. The van der Waals surface area contributed by atoms with E-state index in [0.29, 0.717) is 18.5 Å². The maximum atomic E-state index is 9.78. The van der Waals surface area contributed by atoms with Crippen molar-refractivity contribution in [2.75, 3.05) is 26.2 Å². The second-order valence-electron chi connectivity index (χ2n) is 8.61. The summed E-state index contributed by atoms with van der Waals surface area (Å²) in [6, 6.07) is 0. The molecule has 0 amide bonds. The summed E-state index contributed by atoms with van der Waals surface area (Å²) in [5, 5.41) is 23.2. The minimum Gasteiger partial charge on any atom is -0.389 e. The third-order valence-electron chi connectivity index (χ3n) is 5.22. The summed E-state index contributed by atoms with van der Waals surface area (Å²) in [5.74, 6) is 0.836. The van der Waals surface area contributed by atoms with Crippen LogP contribution in [0.3, 0.4) is 0 Å². The van der Waals surface area contributed by atoms with E-state index in [-0.39, 0.29) is 5.54 Å². The number of hydrogen-bond acceptors (Lipinski definition) is 4. The van der Waals surface area contributed by atoms with Crippen LogP contribution in [-0.2, 0) is 0 Å². The Morgan fingerprint density at radius 3 is 2.10 bits per heavy atom. The second kappa shape index (κ2) is 6.53. The summed E-state index contributed by atoms with van der Waals surface area (Å²) in [7, 11) is 0. The number of β-amino-alcohol motifs (C(OH)–C–C–N with tert-alkyl or cyclic N) is 2. The number of nitrogens with one attached hydrogen (secondary N) is 1. The van der Waals surface area contributed by atoms with Crippen LogP contribution in [0.4, 0.5) is 0 Å². The molecule has 0 spiro atoms. The van der Waals surface area contributed by atoms with Gasteiger partial charge >= 0.3 is 0 Å². The van der Waals surface area contributed by atoms with Gasteiger partial charge in [-0.15, -0.1) is 0 Å². The molecule has 2 aliphatic rings. The van der Waals surface area contributed by atoms with Crippen molar-refractivity contribution in [1.82, 2.24) is 10.2 Å². The van der Waals surface area contributed by atoms with E-state index in [9.17, 15) is 10.2 Å². The second-order valence-corrected chi connectivity index (χ2v) is 8.61. The molecule has 2 unspecified atom stereocenters. The van der Waals surface area contributed by atoms with Crippen molar-refractivity contribution in [3.8, 4) is 0 Å². The van der Waals surface area contributed by atoms with Gasteiger partial charge in [-0.1, -0.05) is 19.8 Å². The van der Waals surface area contributed by atoms with Crippen molar-refractivity contribution < 1.29 is 10.2 Å². The van der Waals surface area contributed by atoms with Crippen LogP contribution in [0.15, 0.2) is 0 Å². The molecule has 21 heavy (non-hydrogen) atoms. The third kappa shape index (κ3) is 4.92. The summed E-state index contributed by atoms with van der Waals surface area (Å²) < 4.78 is 0. The maximum Gasteiger partial charge on any atom is 0.0938 e. The highest BCUT2D eigenvalue weighted by molar-refractivity contribution is 4.94. The van der Waals surface area contributed by atoms with Gasteiger partial charge in [0.15, 0.2) is 0 Å². The summed E-state index contributed by atoms with van der Waals surface area (Å²) >= 11 is 0. The molecule has 3 N–H and O–H groups in total. The van der Waals surface area contributed by atoms with Gasteiger partial charge in [-0.3, -0.25) is 4.90 Å². The molecular formula is C17H34N2O2. The fourth-order valence-corrected chi connectivity index (χ4v) is 3.67. The molecule has 4 nitrogen and oxygen atoms in total. The van der Waals surface area contributed by atoms with E-state index in [1.807, 2.05) is 0 Å². The van der Waals surface area contributed by atoms with Crippen molar-refractivity contribution in [1.29, 1.82) is 0 Å². The van der Waals surface area contributed by atoms with Gasteiger partial charge in [0, 0.05) is 31.7 Å². The molecular weight excluding hydrogens is 264 g/mol. The highest BCUT2D eigenvalue weighted by atomic mass is 16.3. The molecule has 1 heterocycles. The molecule has 1 saturated heterocycles. The smallest absolute Gasteiger partial charge is 0.0938 e. The Hall–Kier alpha value is -0.160. The van der Waals surface area contributed by atoms with Gasteiger partial charge in [-0.05, 0) is 44.9 Å². The van der Waals surface area contributed by atoms with Crippen LogP contribution in [0.5, 0.6) is 0 Å². The first-order chi connectivity index (χ1) is 9.69. The highest BCUT2D eigenvalue weighted by Crippen LogP contribution is 2.40.